The summed E-state index contributed by atoms with van der Waals surface area (Å²) in [4.78, 5) is 15.1. The van der Waals surface area contributed by atoms with E-state index in [9.17, 15) is 0 Å². The molecule has 4 nitrogen and oxygen atoms in total. The average molecular weight is 675 g/mol. The Balaban J connectivity index is 1.08. The lowest BCUT2D eigenvalue weighted by Gasteiger charge is -2.17. The summed E-state index contributed by atoms with van der Waals surface area (Å²) in [7, 11) is 0. The normalized spacial score (nSPS) is 11.8. The maximum atomic E-state index is 5.09. The van der Waals surface area contributed by atoms with E-state index in [4.69, 9.17) is 15.0 Å². The molecule has 0 spiro atoms. The van der Waals surface area contributed by atoms with Crippen LogP contribution in [0.1, 0.15) is 0 Å². The third-order valence-electron chi connectivity index (χ3n) is 10.6. The van der Waals surface area contributed by atoms with Crippen LogP contribution in [-0.4, -0.2) is 19.5 Å². The van der Waals surface area contributed by atoms with E-state index in [0.717, 1.165) is 27.8 Å². The van der Waals surface area contributed by atoms with E-state index in [0.29, 0.717) is 17.5 Å². The van der Waals surface area contributed by atoms with Gasteiger partial charge in [-0.25, -0.2) is 15.0 Å². The number of rotatable bonds is 5. The van der Waals surface area contributed by atoms with Gasteiger partial charge in [0.15, 0.2) is 17.5 Å². The molecule has 0 unspecified atom stereocenters. The molecule has 0 amide bonds. The minimum atomic E-state index is 0.659. The van der Waals surface area contributed by atoms with Crippen LogP contribution in [-0.2, 0) is 0 Å². The fourth-order valence-electron chi connectivity index (χ4n) is 8.17. The van der Waals surface area contributed by atoms with Gasteiger partial charge in [0, 0.05) is 33.2 Å². The number of para-hydroxylation sites is 2. The molecule has 53 heavy (non-hydrogen) atoms. The van der Waals surface area contributed by atoms with E-state index >= 15 is 0 Å². The highest BCUT2D eigenvalue weighted by atomic mass is 15.0. The molecule has 2 heterocycles. The van der Waals surface area contributed by atoms with E-state index in [2.05, 4.69) is 150 Å². The molecule has 11 aromatic rings. The van der Waals surface area contributed by atoms with Crippen molar-refractivity contribution in [1.29, 1.82) is 0 Å². The molecule has 246 valence electrons. The lowest BCUT2D eigenvalue weighted by atomic mass is 9.88. The van der Waals surface area contributed by atoms with E-state index in [1.54, 1.807) is 0 Å². The van der Waals surface area contributed by atoms with Gasteiger partial charge in [0.05, 0.1) is 11.0 Å². The monoisotopic (exact) mass is 674 g/mol. The Labute approximate surface area is 305 Å². The molecule has 0 atom stereocenters. The second-order valence-corrected chi connectivity index (χ2v) is 13.6. The van der Waals surface area contributed by atoms with Gasteiger partial charge in [-0.2, -0.15) is 0 Å². The number of fused-ring (bicyclic) bond motifs is 3. The minimum absolute atomic E-state index is 0.659. The number of hydrogen-bond acceptors (Lipinski definition) is 3. The molecule has 9 aromatic carbocycles. The summed E-state index contributed by atoms with van der Waals surface area (Å²) < 4.78 is 2.37. The predicted octanol–water partition coefficient (Wildman–Crippen LogP) is 12.5. The van der Waals surface area contributed by atoms with Crippen LogP contribution in [0.3, 0.4) is 0 Å². The molecule has 0 aliphatic rings. The number of aromatic nitrogens is 4. The molecule has 0 bridgehead atoms. The van der Waals surface area contributed by atoms with Gasteiger partial charge in [-0.05, 0) is 73.8 Å². The molecular weight excluding hydrogens is 645 g/mol. The van der Waals surface area contributed by atoms with Crippen LogP contribution in [0.15, 0.2) is 182 Å². The number of benzene rings is 9. The smallest absolute Gasteiger partial charge is 0.164 e. The maximum Gasteiger partial charge on any atom is 0.164 e. The van der Waals surface area contributed by atoms with E-state index in [-0.39, 0.29) is 0 Å². The van der Waals surface area contributed by atoms with Crippen molar-refractivity contribution in [2.45, 2.75) is 0 Å². The van der Waals surface area contributed by atoms with Crippen molar-refractivity contribution in [2.24, 2.45) is 0 Å². The summed E-state index contributed by atoms with van der Waals surface area (Å²) in [5.41, 5.74) is 8.88. The van der Waals surface area contributed by atoms with Crippen LogP contribution in [0, 0.1) is 0 Å². The summed E-state index contributed by atoms with van der Waals surface area (Å²) >= 11 is 0. The summed E-state index contributed by atoms with van der Waals surface area (Å²) in [6.07, 6.45) is 0. The molecule has 0 saturated carbocycles. The molecule has 0 fully saturated rings. The zero-order chi connectivity index (χ0) is 34.9. The average Bonchev–Trinajstić information content (AvgIpc) is 3.57. The molecular formula is C49H30N4. The van der Waals surface area contributed by atoms with Crippen molar-refractivity contribution in [3.63, 3.8) is 0 Å². The first-order valence-electron chi connectivity index (χ1n) is 18.0. The summed E-state index contributed by atoms with van der Waals surface area (Å²) in [5.74, 6) is 1.98. The first-order chi connectivity index (χ1) is 26.3. The Kier molecular flexibility index (Phi) is 6.52. The van der Waals surface area contributed by atoms with Crippen molar-refractivity contribution in [1.82, 2.24) is 19.5 Å². The molecule has 2 aromatic heterocycles. The Morgan fingerprint density at radius 2 is 0.755 bits per heavy atom. The lowest BCUT2D eigenvalue weighted by molar-refractivity contribution is 1.08. The van der Waals surface area contributed by atoms with Gasteiger partial charge in [-0.3, -0.25) is 0 Å². The summed E-state index contributed by atoms with van der Waals surface area (Å²) in [5, 5.41) is 9.78. The summed E-state index contributed by atoms with van der Waals surface area (Å²) in [6.45, 7) is 0. The van der Waals surface area contributed by atoms with Crippen molar-refractivity contribution in [2.75, 3.05) is 0 Å². The Morgan fingerprint density at radius 1 is 0.302 bits per heavy atom. The first kappa shape index (κ1) is 29.5. The fourth-order valence-corrected chi connectivity index (χ4v) is 8.17. The first-order valence-corrected chi connectivity index (χ1v) is 18.0. The predicted molar refractivity (Wildman–Crippen MR) is 220 cm³/mol. The van der Waals surface area contributed by atoms with E-state index in [1.807, 2.05) is 36.4 Å². The van der Waals surface area contributed by atoms with Gasteiger partial charge in [0.1, 0.15) is 0 Å². The number of hydrogen-bond donors (Lipinski definition) is 0. The Hall–Kier alpha value is -7.17. The van der Waals surface area contributed by atoms with Gasteiger partial charge < -0.3 is 4.57 Å². The van der Waals surface area contributed by atoms with Crippen molar-refractivity contribution in [3.05, 3.63) is 182 Å². The van der Waals surface area contributed by atoms with Gasteiger partial charge in [0.2, 0.25) is 0 Å². The van der Waals surface area contributed by atoms with Crippen LogP contribution in [0.5, 0.6) is 0 Å². The topological polar surface area (TPSA) is 43.6 Å². The fraction of sp³-hybridized carbons (Fsp3) is 0. The Morgan fingerprint density at radius 3 is 1.32 bits per heavy atom. The van der Waals surface area contributed by atoms with Gasteiger partial charge in [-0.15, -0.1) is 0 Å². The highest BCUT2D eigenvalue weighted by Gasteiger charge is 2.19. The van der Waals surface area contributed by atoms with Crippen LogP contribution < -0.4 is 0 Å². The second kappa shape index (κ2) is 11.7. The van der Waals surface area contributed by atoms with Crippen molar-refractivity contribution in [3.8, 4) is 51.0 Å². The van der Waals surface area contributed by atoms with Crippen molar-refractivity contribution < 1.29 is 0 Å². The minimum Gasteiger partial charge on any atom is -0.309 e. The molecule has 4 heteroatoms. The molecule has 0 aliphatic heterocycles. The maximum absolute atomic E-state index is 5.09. The van der Waals surface area contributed by atoms with Crippen LogP contribution in [0.4, 0.5) is 0 Å². The zero-order valence-corrected chi connectivity index (χ0v) is 28.6. The van der Waals surface area contributed by atoms with Gasteiger partial charge in [-0.1, -0.05) is 152 Å². The zero-order valence-electron chi connectivity index (χ0n) is 28.6. The van der Waals surface area contributed by atoms with Gasteiger partial charge in [0.25, 0.3) is 0 Å². The van der Waals surface area contributed by atoms with Crippen LogP contribution >= 0.6 is 0 Å². The molecule has 0 radical (unpaired) electrons. The van der Waals surface area contributed by atoms with E-state index in [1.165, 1.54) is 59.9 Å². The molecule has 0 aliphatic carbocycles. The summed E-state index contributed by atoms with van der Waals surface area (Å²) in [6, 6.07) is 64.5. The highest BCUT2D eigenvalue weighted by molar-refractivity contribution is 6.27. The Bertz CT molecular complexity index is 3030. The SMILES string of the molecule is c1ccc(-c2nc(-c3ccccc3)nc(-c3ccc4ccc5c(-c6ccc(-n7c8ccccc8c8ccccc87)cc6)ccc6ccc3c4c65)n2)cc1. The third kappa shape index (κ3) is 4.66. The standard InChI is InChI=1S/C49H30N4/c1-3-11-34(12-4-1)47-50-48(35-13-5-2-6-14-35)52-49(51-47)42-30-24-33-22-28-40-37(27-21-32-23-29-41(42)46(33)45(32)40)31-19-25-36(26-20-31)53-43-17-9-7-15-38(43)39-16-8-10-18-44(39)53/h1-30H. The molecule has 11 rings (SSSR count). The van der Waals surface area contributed by atoms with Crippen LogP contribution in [0.25, 0.3) is 105 Å². The largest absolute Gasteiger partial charge is 0.309 e. The lowest BCUT2D eigenvalue weighted by Crippen LogP contribution is -2.00. The molecule has 0 N–H and O–H groups in total. The third-order valence-corrected chi connectivity index (χ3v) is 10.6. The highest BCUT2D eigenvalue weighted by Crippen LogP contribution is 2.42. The second-order valence-electron chi connectivity index (χ2n) is 13.6. The number of nitrogens with zero attached hydrogens (tertiary/aromatic N) is 4. The van der Waals surface area contributed by atoms with Gasteiger partial charge >= 0.3 is 0 Å². The quantitative estimate of drug-likeness (QED) is 0.171. The van der Waals surface area contributed by atoms with Crippen LogP contribution in [0.2, 0.25) is 0 Å². The molecule has 0 saturated heterocycles. The van der Waals surface area contributed by atoms with E-state index < -0.39 is 0 Å². The van der Waals surface area contributed by atoms with Crippen molar-refractivity contribution >= 4 is 54.1 Å².